The Morgan fingerprint density at radius 1 is 1.80 bits per heavy atom. The molecule has 0 amide bonds. The second kappa shape index (κ2) is 3.25. The minimum absolute atomic E-state index is 0.199. The third-order valence-electron chi connectivity index (χ3n) is 1.54. The lowest BCUT2D eigenvalue weighted by molar-refractivity contribution is 0.170. The summed E-state index contributed by atoms with van der Waals surface area (Å²) in [6.07, 6.45) is 1.85. The van der Waals surface area contributed by atoms with Crippen molar-refractivity contribution in [2.45, 2.75) is 6.04 Å². The second-order valence-electron chi connectivity index (χ2n) is 2.37. The van der Waals surface area contributed by atoms with Crippen molar-refractivity contribution < 1.29 is 0 Å². The van der Waals surface area contributed by atoms with Gasteiger partial charge in [0.1, 0.15) is 0 Å². The quantitative estimate of drug-likeness (QED) is 0.250. The summed E-state index contributed by atoms with van der Waals surface area (Å²) < 4.78 is 0. The van der Waals surface area contributed by atoms with Gasteiger partial charge in [-0.2, -0.15) is 0 Å². The van der Waals surface area contributed by atoms with Gasteiger partial charge >= 0.3 is 0 Å². The van der Waals surface area contributed by atoms with Crippen LogP contribution in [-0.2, 0) is 0 Å². The largest absolute Gasteiger partial charge is 0.299 e. The highest BCUT2D eigenvalue weighted by atomic mass is 15.3. The van der Waals surface area contributed by atoms with Gasteiger partial charge in [0.05, 0.1) is 6.04 Å². The summed E-state index contributed by atoms with van der Waals surface area (Å²) in [4.78, 5) is 4.90. The molecule has 0 spiro atoms. The summed E-state index contributed by atoms with van der Waals surface area (Å²) >= 11 is 0. The Morgan fingerprint density at radius 3 is 3.00 bits per heavy atom. The van der Waals surface area contributed by atoms with E-state index in [1.54, 1.807) is 0 Å². The Labute approximate surface area is 59.8 Å². The molecule has 1 aliphatic rings. The van der Waals surface area contributed by atoms with Crippen molar-refractivity contribution in [1.82, 2.24) is 4.90 Å². The normalized spacial score (nSPS) is 19.2. The molecule has 54 valence electrons. The van der Waals surface area contributed by atoms with Crippen LogP contribution < -0.4 is 0 Å². The van der Waals surface area contributed by atoms with Gasteiger partial charge < -0.3 is 0 Å². The molecule has 1 aliphatic heterocycles. The SMILES string of the molecule is C=CCN1CC(N=[N+]=[N-])C1. The second-order valence-corrected chi connectivity index (χ2v) is 2.37. The predicted octanol–water partition coefficient (Wildman–Crippen LogP) is 1.17. The van der Waals surface area contributed by atoms with Gasteiger partial charge in [0.25, 0.3) is 0 Å². The average molecular weight is 138 g/mol. The van der Waals surface area contributed by atoms with Crippen molar-refractivity contribution in [2.24, 2.45) is 5.11 Å². The lowest BCUT2D eigenvalue weighted by Gasteiger charge is -2.35. The maximum Gasteiger partial charge on any atom is 0.0628 e. The van der Waals surface area contributed by atoms with E-state index in [0.29, 0.717) is 0 Å². The van der Waals surface area contributed by atoms with Crippen LogP contribution in [0.2, 0.25) is 0 Å². The van der Waals surface area contributed by atoms with Crippen molar-refractivity contribution in [2.75, 3.05) is 19.6 Å². The zero-order valence-electron chi connectivity index (χ0n) is 5.77. The van der Waals surface area contributed by atoms with Gasteiger partial charge in [0.2, 0.25) is 0 Å². The zero-order chi connectivity index (χ0) is 7.40. The molecule has 1 saturated heterocycles. The van der Waals surface area contributed by atoms with E-state index < -0.39 is 0 Å². The van der Waals surface area contributed by atoms with E-state index in [0.717, 1.165) is 19.6 Å². The van der Waals surface area contributed by atoms with Crippen LogP contribution in [0, 0.1) is 0 Å². The van der Waals surface area contributed by atoms with Gasteiger partial charge in [0, 0.05) is 24.5 Å². The molecule has 0 aromatic heterocycles. The standard InChI is InChI=1S/C6H10N4/c1-2-3-10-4-6(5-10)8-9-7/h2,6H,1,3-5H2. The maximum absolute atomic E-state index is 8.04. The molecular weight excluding hydrogens is 128 g/mol. The van der Waals surface area contributed by atoms with Crippen molar-refractivity contribution in [1.29, 1.82) is 0 Å². The Morgan fingerprint density at radius 2 is 2.50 bits per heavy atom. The van der Waals surface area contributed by atoms with E-state index >= 15 is 0 Å². The Hall–Kier alpha value is -0.990. The first-order valence-electron chi connectivity index (χ1n) is 3.24. The highest BCUT2D eigenvalue weighted by Gasteiger charge is 2.23. The molecule has 0 aromatic rings. The van der Waals surface area contributed by atoms with Crippen molar-refractivity contribution in [3.05, 3.63) is 23.1 Å². The van der Waals surface area contributed by atoms with Crippen LogP contribution in [0.5, 0.6) is 0 Å². The van der Waals surface area contributed by atoms with Crippen LogP contribution in [0.15, 0.2) is 17.8 Å². The fraction of sp³-hybridized carbons (Fsp3) is 0.667. The number of hydrogen-bond acceptors (Lipinski definition) is 2. The Kier molecular flexibility index (Phi) is 2.31. The molecule has 0 bridgehead atoms. The van der Waals surface area contributed by atoms with Crippen LogP contribution in [0.3, 0.4) is 0 Å². The molecule has 0 atom stereocenters. The number of hydrogen-bond donors (Lipinski definition) is 0. The van der Waals surface area contributed by atoms with E-state index in [1.807, 2.05) is 6.08 Å². The topological polar surface area (TPSA) is 52.0 Å². The fourth-order valence-electron chi connectivity index (χ4n) is 1.02. The van der Waals surface area contributed by atoms with E-state index in [9.17, 15) is 0 Å². The minimum atomic E-state index is 0.199. The van der Waals surface area contributed by atoms with Crippen molar-refractivity contribution in [3.63, 3.8) is 0 Å². The molecule has 0 aliphatic carbocycles. The van der Waals surface area contributed by atoms with Gasteiger partial charge in [-0.3, -0.25) is 4.90 Å². The van der Waals surface area contributed by atoms with Crippen LogP contribution in [0.4, 0.5) is 0 Å². The van der Waals surface area contributed by atoms with Crippen molar-refractivity contribution in [3.8, 4) is 0 Å². The lowest BCUT2D eigenvalue weighted by Crippen LogP contribution is -2.49. The Bertz CT molecular complexity index is 165. The van der Waals surface area contributed by atoms with E-state index in [-0.39, 0.29) is 6.04 Å². The van der Waals surface area contributed by atoms with Gasteiger partial charge in [0.15, 0.2) is 0 Å². The summed E-state index contributed by atoms with van der Waals surface area (Å²) in [5, 5.41) is 3.57. The highest BCUT2D eigenvalue weighted by Crippen LogP contribution is 2.10. The molecule has 1 fully saturated rings. The molecular formula is C6H10N4. The average Bonchev–Trinajstić information content (AvgIpc) is 1.84. The van der Waals surface area contributed by atoms with E-state index in [1.165, 1.54) is 0 Å². The third-order valence-corrected chi connectivity index (χ3v) is 1.54. The molecule has 10 heavy (non-hydrogen) atoms. The molecule has 0 unspecified atom stereocenters. The summed E-state index contributed by atoms with van der Waals surface area (Å²) in [6.45, 7) is 6.28. The summed E-state index contributed by atoms with van der Waals surface area (Å²) in [7, 11) is 0. The first kappa shape index (κ1) is 7.12. The summed E-state index contributed by atoms with van der Waals surface area (Å²) in [5.41, 5.74) is 8.04. The summed E-state index contributed by atoms with van der Waals surface area (Å²) in [6, 6.07) is 0.199. The van der Waals surface area contributed by atoms with E-state index in [2.05, 4.69) is 21.5 Å². The highest BCUT2D eigenvalue weighted by molar-refractivity contribution is 4.89. The van der Waals surface area contributed by atoms with Crippen molar-refractivity contribution >= 4 is 0 Å². The van der Waals surface area contributed by atoms with Crippen LogP contribution in [0.1, 0.15) is 0 Å². The number of azide groups is 1. The number of likely N-dealkylation sites (tertiary alicyclic amines) is 1. The van der Waals surface area contributed by atoms with Gasteiger partial charge in [-0.1, -0.05) is 11.2 Å². The molecule has 1 rings (SSSR count). The van der Waals surface area contributed by atoms with Crippen LogP contribution in [0.25, 0.3) is 10.4 Å². The zero-order valence-corrected chi connectivity index (χ0v) is 5.77. The smallest absolute Gasteiger partial charge is 0.0628 e. The van der Waals surface area contributed by atoms with Gasteiger partial charge in [-0.25, -0.2) is 0 Å². The minimum Gasteiger partial charge on any atom is -0.299 e. The molecule has 1 heterocycles. The molecule has 0 aromatic carbocycles. The first-order valence-corrected chi connectivity index (χ1v) is 3.24. The lowest BCUT2D eigenvalue weighted by atomic mass is 10.1. The molecule has 4 heteroatoms. The monoisotopic (exact) mass is 138 g/mol. The van der Waals surface area contributed by atoms with Crippen LogP contribution >= 0.6 is 0 Å². The van der Waals surface area contributed by atoms with E-state index in [4.69, 9.17) is 5.53 Å². The Balaban J connectivity index is 2.17. The molecule has 0 radical (unpaired) electrons. The molecule has 4 nitrogen and oxygen atoms in total. The van der Waals surface area contributed by atoms with Crippen LogP contribution in [-0.4, -0.2) is 30.6 Å². The number of nitrogens with zero attached hydrogens (tertiary/aromatic N) is 4. The molecule has 0 saturated carbocycles. The maximum atomic E-state index is 8.04. The fourth-order valence-corrected chi connectivity index (χ4v) is 1.02. The third kappa shape index (κ3) is 1.50. The first-order chi connectivity index (χ1) is 4.86. The number of rotatable bonds is 3. The summed E-state index contributed by atoms with van der Waals surface area (Å²) in [5.74, 6) is 0. The predicted molar refractivity (Wildman–Crippen MR) is 39.6 cm³/mol. The van der Waals surface area contributed by atoms with Gasteiger partial charge in [-0.05, 0) is 5.53 Å². The van der Waals surface area contributed by atoms with Gasteiger partial charge in [-0.15, -0.1) is 6.58 Å². The molecule has 0 N–H and O–H groups in total.